The van der Waals surface area contributed by atoms with Gasteiger partial charge in [0, 0.05) is 5.75 Å². The van der Waals surface area contributed by atoms with Gasteiger partial charge >= 0.3 is 12.0 Å². The van der Waals surface area contributed by atoms with Crippen LogP contribution in [-0.4, -0.2) is 34.5 Å². The third kappa shape index (κ3) is 5.55. The Morgan fingerprint density at radius 1 is 1.15 bits per heavy atom. The van der Waals surface area contributed by atoms with Crippen molar-refractivity contribution >= 4 is 28.7 Å². The fraction of sp³-hybridized carbons (Fsp3) is 0.235. The Balaban J connectivity index is 1.82. The van der Waals surface area contributed by atoms with Crippen LogP contribution >= 0.6 is 0 Å². The van der Waals surface area contributed by atoms with E-state index in [-0.39, 0.29) is 12.1 Å². The first-order valence-electron chi connectivity index (χ1n) is 7.75. The molecule has 8 nitrogen and oxygen atoms in total. The van der Waals surface area contributed by atoms with Crippen LogP contribution in [0.4, 0.5) is 4.79 Å². The molecule has 0 spiro atoms. The van der Waals surface area contributed by atoms with Crippen molar-refractivity contribution in [3.05, 3.63) is 54.0 Å². The van der Waals surface area contributed by atoms with E-state index in [1.54, 1.807) is 37.3 Å². The summed E-state index contributed by atoms with van der Waals surface area (Å²) >= 11 is 0. The van der Waals surface area contributed by atoms with E-state index in [1.165, 1.54) is 12.3 Å². The molecule has 1 aromatic carbocycles. The van der Waals surface area contributed by atoms with Gasteiger partial charge in [-0.1, -0.05) is 19.1 Å². The summed E-state index contributed by atoms with van der Waals surface area (Å²) in [6, 6.07) is 8.90. The van der Waals surface area contributed by atoms with E-state index >= 15 is 0 Å². The van der Waals surface area contributed by atoms with Crippen molar-refractivity contribution in [1.82, 2.24) is 10.6 Å². The fourth-order valence-electron chi connectivity index (χ4n) is 1.99. The van der Waals surface area contributed by atoms with E-state index in [1.807, 2.05) is 5.32 Å². The number of carbonyl (C=O) groups excluding carboxylic acids is 3. The van der Waals surface area contributed by atoms with E-state index < -0.39 is 35.3 Å². The molecule has 0 saturated heterocycles. The standard InChI is InChI=1S/C17H18N2O6S/c1-2-26(23)14-8-4-3-7-13(14)16(21)25-11-15(20)19-17(22)18-10-12-6-5-9-24-12/h3-9H,2,10-11H2,1H3,(H2,18,19,20,22)/t26-/m1/s1. The molecule has 0 saturated carbocycles. The highest BCUT2D eigenvalue weighted by molar-refractivity contribution is 7.85. The first kappa shape index (κ1) is 19.4. The Hall–Kier alpha value is -2.94. The quantitative estimate of drug-likeness (QED) is 0.707. The van der Waals surface area contributed by atoms with Crippen LogP contribution in [0.1, 0.15) is 23.0 Å². The maximum absolute atomic E-state index is 12.1. The fourth-order valence-corrected chi connectivity index (χ4v) is 2.92. The molecule has 0 unspecified atom stereocenters. The van der Waals surface area contributed by atoms with Crippen LogP contribution < -0.4 is 10.6 Å². The third-order valence-corrected chi connectivity index (χ3v) is 4.58. The van der Waals surface area contributed by atoms with Gasteiger partial charge in [0.25, 0.3) is 5.91 Å². The first-order valence-corrected chi connectivity index (χ1v) is 9.07. The topological polar surface area (TPSA) is 115 Å². The molecule has 2 aromatic rings. The molecule has 2 rings (SSSR count). The lowest BCUT2D eigenvalue weighted by Crippen LogP contribution is -2.41. The summed E-state index contributed by atoms with van der Waals surface area (Å²) in [5.41, 5.74) is 0.128. The molecular formula is C17H18N2O6S. The van der Waals surface area contributed by atoms with E-state index in [0.717, 1.165) is 0 Å². The van der Waals surface area contributed by atoms with Crippen LogP contribution in [0.2, 0.25) is 0 Å². The maximum Gasteiger partial charge on any atom is 0.339 e. The average molecular weight is 378 g/mol. The number of furan rings is 1. The number of esters is 1. The number of nitrogens with one attached hydrogen (secondary N) is 2. The number of benzene rings is 1. The molecule has 0 radical (unpaired) electrons. The van der Waals surface area contributed by atoms with Crippen molar-refractivity contribution in [3.63, 3.8) is 0 Å². The molecule has 1 heterocycles. The zero-order chi connectivity index (χ0) is 18.9. The summed E-state index contributed by atoms with van der Waals surface area (Å²) in [5, 5.41) is 4.45. The molecule has 3 amide bonds. The van der Waals surface area contributed by atoms with Crippen molar-refractivity contribution in [3.8, 4) is 0 Å². The van der Waals surface area contributed by atoms with Crippen LogP contribution in [-0.2, 0) is 26.9 Å². The van der Waals surface area contributed by atoms with E-state index in [0.29, 0.717) is 16.4 Å². The van der Waals surface area contributed by atoms with Gasteiger partial charge in [-0.15, -0.1) is 0 Å². The smallest absolute Gasteiger partial charge is 0.339 e. The molecule has 0 bridgehead atoms. The second kappa shape index (κ2) is 9.52. The second-order valence-electron chi connectivity index (χ2n) is 5.02. The molecule has 138 valence electrons. The van der Waals surface area contributed by atoms with Crippen LogP contribution in [0.15, 0.2) is 52.0 Å². The average Bonchev–Trinajstić information content (AvgIpc) is 3.17. The summed E-state index contributed by atoms with van der Waals surface area (Å²) in [4.78, 5) is 35.7. The van der Waals surface area contributed by atoms with Crippen molar-refractivity contribution in [2.45, 2.75) is 18.4 Å². The summed E-state index contributed by atoms with van der Waals surface area (Å²) in [5.74, 6) is -0.696. The van der Waals surface area contributed by atoms with Crippen LogP contribution in [0.3, 0.4) is 0 Å². The van der Waals surface area contributed by atoms with Gasteiger partial charge in [-0.05, 0) is 24.3 Å². The minimum Gasteiger partial charge on any atom is -0.467 e. The molecule has 1 aromatic heterocycles. The number of carbonyl (C=O) groups is 3. The van der Waals surface area contributed by atoms with Gasteiger partial charge in [0.1, 0.15) is 5.76 Å². The largest absolute Gasteiger partial charge is 0.467 e. The number of ether oxygens (including phenoxy) is 1. The Kier molecular flexibility index (Phi) is 7.10. The minimum absolute atomic E-state index is 0.113. The lowest BCUT2D eigenvalue weighted by molar-refractivity contribution is -0.123. The molecule has 0 aliphatic rings. The number of imide groups is 1. The Bertz CT molecular complexity index is 803. The predicted molar refractivity (Wildman–Crippen MR) is 92.8 cm³/mol. The SMILES string of the molecule is CC[S@@](=O)c1ccccc1C(=O)OCC(=O)NC(=O)NCc1ccco1. The molecule has 2 N–H and O–H groups in total. The lowest BCUT2D eigenvalue weighted by atomic mass is 10.2. The van der Waals surface area contributed by atoms with Gasteiger partial charge in [-0.25, -0.2) is 9.59 Å². The minimum atomic E-state index is -1.34. The number of urea groups is 1. The molecule has 0 aliphatic heterocycles. The molecular weight excluding hydrogens is 360 g/mol. The van der Waals surface area contributed by atoms with E-state index in [4.69, 9.17) is 9.15 Å². The van der Waals surface area contributed by atoms with Crippen molar-refractivity contribution < 1.29 is 27.7 Å². The van der Waals surface area contributed by atoms with Gasteiger partial charge in [0.05, 0.1) is 34.1 Å². The normalized spacial score (nSPS) is 11.4. The van der Waals surface area contributed by atoms with Crippen LogP contribution in [0.5, 0.6) is 0 Å². The van der Waals surface area contributed by atoms with Crippen LogP contribution in [0, 0.1) is 0 Å². The van der Waals surface area contributed by atoms with Crippen molar-refractivity contribution in [1.29, 1.82) is 0 Å². The molecule has 0 aliphatic carbocycles. The zero-order valence-electron chi connectivity index (χ0n) is 14.0. The zero-order valence-corrected chi connectivity index (χ0v) is 14.8. The summed E-state index contributed by atoms with van der Waals surface area (Å²) in [6.07, 6.45) is 1.46. The lowest BCUT2D eigenvalue weighted by Gasteiger charge is -2.09. The van der Waals surface area contributed by atoms with Crippen molar-refractivity contribution in [2.24, 2.45) is 0 Å². The second-order valence-corrected chi connectivity index (χ2v) is 6.72. The van der Waals surface area contributed by atoms with Crippen molar-refractivity contribution in [2.75, 3.05) is 12.4 Å². The number of rotatable bonds is 7. The van der Waals surface area contributed by atoms with Gasteiger partial charge in [-0.3, -0.25) is 14.3 Å². The highest BCUT2D eigenvalue weighted by atomic mass is 32.2. The first-order chi connectivity index (χ1) is 12.5. The Labute approximate surface area is 152 Å². The predicted octanol–water partition coefficient (Wildman–Crippen LogP) is 1.59. The van der Waals surface area contributed by atoms with E-state index in [2.05, 4.69) is 5.32 Å². The van der Waals surface area contributed by atoms with E-state index in [9.17, 15) is 18.6 Å². The third-order valence-electron chi connectivity index (χ3n) is 3.21. The Morgan fingerprint density at radius 3 is 2.62 bits per heavy atom. The highest BCUT2D eigenvalue weighted by Gasteiger charge is 2.17. The summed E-state index contributed by atoms with van der Waals surface area (Å²) in [7, 11) is -1.34. The summed E-state index contributed by atoms with van der Waals surface area (Å²) < 4.78 is 21.9. The van der Waals surface area contributed by atoms with Gasteiger partial charge in [0.2, 0.25) is 0 Å². The Morgan fingerprint density at radius 2 is 1.92 bits per heavy atom. The molecule has 26 heavy (non-hydrogen) atoms. The number of amides is 3. The molecule has 9 heteroatoms. The monoisotopic (exact) mass is 378 g/mol. The number of hydrogen-bond donors (Lipinski definition) is 2. The van der Waals surface area contributed by atoms with Gasteiger partial charge in [0.15, 0.2) is 6.61 Å². The molecule has 0 fully saturated rings. The van der Waals surface area contributed by atoms with Crippen LogP contribution in [0.25, 0.3) is 0 Å². The highest BCUT2D eigenvalue weighted by Crippen LogP contribution is 2.15. The summed E-state index contributed by atoms with van der Waals surface area (Å²) in [6.45, 7) is 1.20. The van der Waals surface area contributed by atoms with Gasteiger partial charge in [-0.2, -0.15) is 0 Å². The molecule has 1 atom stereocenters. The maximum atomic E-state index is 12.1. The number of hydrogen-bond acceptors (Lipinski definition) is 6. The van der Waals surface area contributed by atoms with Gasteiger partial charge < -0.3 is 14.5 Å².